The number of benzene rings is 1. The standard InChI is InChI=1S/C8H9N3S.2C2H6.C2H5.W/c9-8(12)11-10-6-7-4-2-1-3-5-7;3*1-2;/h1-6H,(H3,9,11,12);2*1-2H3;1H2,2H3;/q;;;-1;/b10-6+;;;;. The molecule has 0 aliphatic carbocycles. The van der Waals surface area contributed by atoms with E-state index >= 15 is 0 Å². The second-order valence-electron chi connectivity index (χ2n) is 2.14. The number of nitrogens with zero attached hydrogens (tertiary/aromatic N) is 1. The molecule has 0 saturated heterocycles. The van der Waals surface area contributed by atoms with E-state index in [2.05, 4.69) is 29.7 Å². The smallest absolute Gasteiger partial charge is 0.184 e. The number of nitrogens with one attached hydrogen (secondary N) is 1. The Labute approximate surface area is 138 Å². The van der Waals surface area contributed by atoms with Crippen molar-refractivity contribution >= 4 is 23.5 Å². The van der Waals surface area contributed by atoms with Gasteiger partial charge in [0.2, 0.25) is 0 Å². The molecule has 19 heavy (non-hydrogen) atoms. The molecule has 1 aromatic carbocycles. The van der Waals surface area contributed by atoms with Crippen molar-refractivity contribution in [2.75, 3.05) is 0 Å². The molecule has 0 aliphatic heterocycles. The average Bonchev–Trinajstić information content (AvgIpc) is 2.46. The molecule has 110 valence electrons. The molecule has 3 N–H and O–H groups in total. The van der Waals surface area contributed by atoms with Crippen molar-refractivity contribution in [2.24, 2.45) is 10.8 Å². The van der Waals surface area contributed by atoms with Gasteiger partial charge in [0.15, 0.2) is 5.11 Å². The maximum atomic E-state index is 5.16. The first-order chi connectivity index (χ1) is 8.79. The van der Waals surface area contributed by atoms with Crippen molar-refractivity contribution in [1.29, 1.82) is 0 Å². The van der Waals surface area contributed by atoms with Gasteiger partial charge < -0.3 is 12.7 Å². The summed E-state index contributed by atoms with van der Waals surface area (Å²) in [6.07, 6.45) is 1.65. The van der Waals surface area contributed by atoms with Crippen LogP contribution in [0.15, 0.2) is 35.4 Å². The van der Waals surface area contributed by atoms with Gasteiger partial charge in [0, 0.05) is 21.1 Å². The van der Waals surface area contributed by atoms with E-state index < -0.39 is 0 Å². The van der Waals surface area contributed by atoms with Crippen molar-refractivity contribution in [3.63, 3.8) is 0 Å². The number of thiocarbonyl (C=S) groups is 1. The van der Waals surface area contributed by atoms with Crippen LogP contribution in [0.4, 0.5) is 0 Å². The zero-order valence-electron chi connectivity index (χ0n) is 12.5. The Morgan fingerprint density at radius 2 is 1.58 bits per heavy atom. The van der Waals surface area contributed by atoms with Crippen molar-refractivity contribution < 1.29 is 21.1 Å². The van der Waals surface area contributed by atoms with Gasteiger partial charge in [-0.3, -0.25) is 5.43 Å². The largest absolute Gasteiger partial charge is 0.375 e. The summed E-state index contributed by atoms with van der Waals surface area (Å²) >= 11 is 4.56. The SMILES string of the molecule is CC.CC.NC(=S)N/N=C/c1ccccc1.[CH2-]C.[W]. The number of nitrogens with two attached hydrogens (primary N) is 1. The molecular weight excluding hydrogens is 426 g/mol. The zero-order valence-corrected chi connectivity index (χ0v) is 16.3. The molecule has 0 aliphatic rings. The van der Waals surface area contributed by atoms with E-state index in [4.69, 9.17) is 5.73 Å². The van der Waals surface area contributed by atoms with Crippen LogP contribution in [0.5, 0.6) is 0 Å². The molecule has 0 amide bonds. The molecular formula is C14H26N3SW-. The maximum Gasteiger partial charge on any atom is 0.184 e. The Hall–Kier alpha value is -0.732. The first kappa shape index (κ1) is 26.8. The van der Waals surface area contributed by atoms with E-state index in [0.717, 1.165) is 5.56 Å². The van der Waals surface area contributed by atoms with Gasteiger partial charge in [-0.2, -0.15) is 12.0 Å². The Balaban J connectivity index is -0.000000142. The van der Waals surface area contributed by atoms with Crippen LogP contribution in [0.3, 0.4) is 0 Å². The third-order valence-electron chi connectivity index (χ3n) is 1.19. The molecule has 0 bridgehead atoms. The van der Waals surface area contributed by atoms with E-state index in [1.54, 1.807) is 13.1 Å². The Morgan fingerprint density at radius 3 is 1.95 bits per heavy atom. The van der Waals surface area contributed by atoms with Crippen LogP contribution in [-0.2, 0) is 21.1 Å². The predicted molar refractivity (Wildman–Crippen MR) is 87.7 cm³/mol. The van der Waals surface area contributed by atoms with Gasteiger partial charge >= 0.3 is 0 Å². The normalized spacial score (nSPS) is 7.26. The minimum Gasteiger partial charge on any atom is -0.375 e. The zero-order chi connectivity index (χ0) is 14.8. The molecule has 1 rings (SSSR count). The van der Waals surface area contributed by atoms with Crippen molar-refractivity contribution in [2.45, 2.75) is 34.6 Å². The summed E-state index contributed by atoms with van der Waals surface area (Å²) < 4.78 is 0. The average molecular weight is 452 g/mol. The van der Waals surface area contributed by atoms with Gasteiger partial charge in [-0.1, -0.05) is 58.0 Å². The van der Waals surface area contributed by atoms with Gasteiger partial charge in [0.1, 0.15) is 0 Å². The molecule has 3 nitrogen and oxygen atoms in total. The fraction of sp³-hybridized carbons (Fsp3) is 0.357. The fourth-order valence-electron chi connectivity index (χ4n) is 0.710. The molecule has 0 radical (unpaired) electrons. The number of hydrazone groups is 1. The van der Waals surface area contributed by atoms with Crippen LogP contribution in [-0.4, -0.2) is 11.3 Å². The first-order valence-electron chi connectivity index (χ1n) is 6.13. The molecule has 0 saturated carbocycles. The Morgan fingerprint density at radius 1 is 1.16 bits per heavy atom. The third kappa shape index (κ3) is 22.9. The molecule has 0 spiro atoms. The van der Waals surface area contributed by atoms with E-state index in [9.17, 15) is 0 Å². The minimum absolute atomic E-state index is 0. The van der Waals surface area contributed by atoms with Crippen molar-refractivity contribution in [3.8, 4) is 0 Å². The maximum absolute atomic E-state index is 5.16. The summed E-state index contributed by atoms with van der Waals surface area (Å²) in [6, 6.07) is 9.68. The summed E-state index contributed by atoms with van der Waals surface area (Å²) in [5.41, 5.74) is 8.64. The second-order valence-corrected chi connectivity index (χ2v) is 2.58. The van der Waals surface area contributed by atoms with Crippen LogP contribution >= 0.6 is 12.2 Å². The fourth-order valence-corrected chi connectivity index (χ4v) is 0.762. The molecule has 0 fully saturated rings. The molecule has 1 aromatic rings. The molecule has 0 unspecified atom stereocenters. The quantitative estimate of drug-likeness (QED) is 0.311. The monoisotopic (exact) mass is 452 g/mol. The topological polar surface area (TPSA) is 50.4 Å². The van der Waals surface area contributed by atoms with Crippen molar-refractivity contribution in [3.05, 3.63) is 42.8 Å². The summed E-state index contributed by atoms with van der Waals surface area (Å²) in [7, 11) is 0. The summed E-state index contributed by atoms with van der Waals surface area (Å²) in [5.74, 6) is 0. The minimum atomic E-state index is 0. The van der Waals surface area contributed by atoms with Crippen LogP contribution in [0.2, 0.25) is 0 Å². The van der Waals surface area contributed by atoms with Crippen LogP contribution < -0.4 is 11.2 Å². The van der Waals surface area contributed by atoms with E-state index in [1.807, 2.05) is 58.0 Å². The van der Waals surface area contributed by atoms with E-state index in [-0.39, 0.29) is 26.2 Å². The van der Waals surface area contributed by atoms with Crippen LogP contribution in [0.25, 0.3) is 0 Å². The first-order valence-corrected chi connectivity index (χ1v) is 6.54. The van der Waals surface area contributed by atoms with Gasteiger partial charge in [-0.15, -0.1) is 0 Å². The van der Waals surface area contributed by atoms with Crippen LogP contribution in [0, 0.1) is 6.92 Å². The number of hydrogen-bond acceptors (Lipinski definition) is 2. The molecule has 5 heteroatoms. The van der Waals surface area contributed by atoms with Gasteiger partial charge in [-0.05, 0) is 17.8 Å². The van der Waals surface area contributed by atoms with E-state index in [1.165, 1.54) is 0 Å². The van der Waals surface area contributed by atoms with Crippen molar-refractivity contribution in [1.82, 2.24) is 5.43 Å². The number of rotatable bonds is 2. The predicted octanol–water partition coefficient (Wildman–Crippen LogP) is 3.74. The van der Waals surface area contributed by atoms with E-state index in [0.29, 0.717) is 0 Å². The number of hydrogen-bond donors (Lipinski definition) is 2. The van der Waals surface area contributed by atoms with Gasteiger partial charge in [0.25, 0.3) is 0 Å². The summed E-state index contributed by atoms with van der Waals surface area (Å²) in [5, 5.41) is 3.97. The third-order valence-corrected chi connectivity index (χ3v) is 1.28. The second kappa shape index (κ2) is 26.0. The van der Waals surface area contributed by atoms with Crippen LogP contribution in [0.1, 0.15) is 40.2 Å². The summed E-state index contributed by atoms with van der Waals surface area (Å²) in [6.45, 7) is 13.0. The van der Waals surface area contributed by atoms with Gasteiger partial charge in [-0.25, -0.2) is 0 Å². The molecule has 0 atom stereocenters. The molecule has 0 heterocycles. The summed E-state index contributed by atoms with van der Waals surface area (Å²) in [4.78, 5) is 0. The molecule has 0 aromatic heterocycles. The van der Waals surface area contributed by atoms with Gasteiger partial charge in [0.05, 0.1) is 6.21 Å². The Kier molecular flexibility index (Phi) is 36.6. The Bertz CT molecular complexity index is 290.